The number of rotatable bonds is 5. The average molecular weight is 292 g/mol. The Morgan fingerprint density at radius 3 is 2.70 bits per heavy atom. The van der Waals surface area contributed by atoms with Crippen LogP contribution in [-0.4, -0.2) is 22.6 Å². The standard InChI is InChI=1S/C16H20O3S/c1-4-13(12(3)16(18)19)8-7-11(2)10-15-14(17)6-5-9-20-15/h4,7-8,10,12H,1,5-6,9H2,2-3H3,(H,18,19)/b11-7+,13-8+,15-10-. The van der Waals surface area contributed by atoms with Crippen LogP contribution in [0.25, 0.3) is 0 Å². The Bertz CT molecular complexity index is 498. The first kappa shape index (κ1) is 16.5. The maximum atomic E-state index is 11.7. The Hall–Kier alpha value is -1.55. The highest BCUT2D eigenvalue weighted by Crippen LogP contribution is 2.27. The molecule has 20 heavy (non-hydrogen) atoms. The summed E-state index contributed by atoms with van der Waals surface area (Å²) in [6.45, 7) is 7.16. The summed E-state index contributed by atoms with van der Waals surface area (Å²) in [7, 11) is 0. The fraction of sp³-hybridized carbons (Fsp3) is 0.375. The number of Topliss-reactive ketones (excluding diaryl/α,β-unsaturated/α-hetero) is 1. The van der Waals surface area contributed by atoms with Gasteiger partial charge in [-0.25, -0.2) is 0 Å². The number of carbonyl (C=O) groups is 2. The Morgan fingerprint density at radius 1 is 1.45 bits per heavy atom. The van der Waals surface area contributed by atoms with Crippen molar-refractivity contribution in [1.29, 1.82) is 0 Å². The summed E-state index contributed by atoms with van der Waals surface area (Å²) in [6.07, 6.45) is 8.56. The van der Waals surface area contributed by atoms with Crippen molar-refractivity contribution in [3.63, 3.8) is 0 Å². The van der Waals surface area contributed by atoms with Gasteiger partial charge in [0.25, 0.3) is 0 Å². The Morgan fingerprint density at radius 2 is 2.15 bits per heavy atom. The maximum absolute atomic E-state index is 11.7. The smallest absolute Gasteiger partial charge is 0.310 e. The lowest BCUT2D eigenvalue weighted by Crippen LogP contribution is -2.10. The number of thioether (sulfide) groups is 1. The van der Waals surface area contributed by atoms with Gasteiger partial charge in [-0.2, -0.15) is 0 Å². The fourth-order valence-corrected chi connectivity index (χ4v) is 2.80. The molecule has 3 nitrogen and oxygen atoms in total. The van der Waals surface area contributed by atoms with Crippen molar-refractivity contribution >= 4 is 23.5 Å². The van der Waals surface area contributed by atoms with E-state index in [2.05, 4.69) is 6.58 Å². The van der Waals surface area contributed by atoms with E-state index in [1.807, 2.05) is 19.1 Å². The Labute approximate surface area is 124 Å². The molecular weight excluding hydrogens is 272 g/mol. The molecule has 0 spiro atoms. The van der Waals surface area contributed by atoms with Crippen LogP contribution in [-0.2, 0) is 9.59 Å². The van der Waals surface area contributed by atoms with Crippen molar-refractivity contribution < 1.29 is 14.7 Å². The van der Waals surface area contributed by atoms with E-state index in [0.717, 1.165) is 22.7 Å². The summed E-state index contributed by atoms with van der Waals surface area (Å²) < 4.78 is 0. The van der Waals surface area contributed by atoms with E-state index in [-0.39, 0.29) is 5.78 Å². The highest BCUT2D eigenvalue weighted by Gasteiger charge is 2.15. The van der Waals surface area contributed by atoms with Gasteiger partial charge in [0.2, 0.25) is 0 Å². The second-order valence-corrected chi connectivity index (χ2v) is 5.86. The first-order valence-corrected chi connectivity index (χ1v) is 7.55. The van der Waals surface area contributed by atoms with Crippen molar-refractivity contribution in [2.45, 2.75) is 26.7 Å². The van der Waals surface area contributed by atoms with Crippen LogP contribution in [0.2, 0.25) is 0 Å². The van der Waals surface area contributed by atoms with Gasteiger partial charge in [-0.3, -0.25) is 9.59 Å². The number of carboxylic acid groups (broad SMARTS) is 1. The second kappa shape index (κ2) is 7.90. The molecule has 1 aliphatic rings. The van der Waals surface area contributed by atoms with Crippen molar-refractivity contribution in [3.05, 3.63) is 46.9 Å². The molecule has 4 heteroatoms. The summed E-state index contributed by atoms with van der Waals surface area (Å²) in [5.74, 6) is -0.288. The molecule has 0 radical (unpaired) electrons. The molecule has 0 aliphatic carbocycles. The summed E-state index contributed by atoms with van der Waals surface area (Å²) in [4.78, 5) is 23.4. The van der Waals surface area contributed by atoms with Crippen LogP contribution in [0.3, 0.4) is 0 Å². The molecule has 1 rings (SSSR count). The number of carboxylic acids is 1. The van der Waals surface area contributed by atoms with E-state index in [4.69, 9.17) is 5.11 Å². The SMILES string of the molecule is C=C\C(=C/C=C(C)/C=C1\SCCCC1=O)C(C)C(=O)O. The first-order chi connectivity index (χ1) is 9.45. The molecule has 1 N–H and O–H groups in total. The van der Waals surface area contributed by atoms with Crippen molar-refractivity contribution in [2.75, 3.05) is 5.75 Å². The van der Waals surface area contributed by atoms with Gasteiger partial charge in [0.15, 0.2) is 5.78 Å². The molecule has 0 saturated carbocycles. The zero-order valence-electron chi connectivity index (χ0n) is 11.9. The van der Waals surface area contributed by atoms with Crippen LogP contribution >= 0.6 is 11.8 Å². The lowest BCUT2D eigenvalue weighted by atomic mass is 10.0. The highest BCUT2D eigenvalue weighted by atomic mass is 32.2. The van der Waals surface area contributed by atoms with Gasteiger partial charge in [-0.15, -0.1) is 11.8 Å². The molecule has 0 aromatic carbocycles. The van der Waals surface area contributed by atoms with Gasteiger partial charge < -0.3 is 5.11 Å². The third-order valence-corrected chi connectivity index (χ3v) is 4.23. The molecule has 0 aromatic heterocycles. The molecule has 1 saturated heterocycles. The van der Waals surface area contributed by atoms with E-state index in [0.29, 0.717) is 12.0 Å². The van der Waals surface area contributed by atoms with Gasteiger partial charge in [-0.1, -0.05) is 24.8 Å². The number of carbonyl (C=O) groups excluding carboxylic acids is 1. The van der Waals surface area contributed by atoms with Crippen molar-refractivity contribution in [3.8, 4) is 0 Å². The third kappa shape index (κ3) is 4.85. The summed E-state index contributed by atoms with van der Waals surface area (Å²) in [6, 6.07) is 0. The fourth-order valence-electron chi connectivity index (χ4n) is 1.76. The predicted molar refractivity (Wildman–Crippen MR) is 83.6 cm³/mol. The molecular formula is C16H20O3S. The van der Waals surface area contributed by atoms with E-state index >= 15 is 0 Å². The summed E-state index contributed by atoms with van der Waals surface area (Å²) >= 11 is 1.59. The van der Waals surface area contributed by atoms with E-state index < -0.39 is 11.9 Å². The number of aliphatic carboxylic acids is 1. The average Bonchev–Trinajstić information content (AvgIpc) is 2.41. The van der Waals surface area contributed by atoms with Crippen molar-refractivity contribution in [2.24, 2.45) is 5.92 Å². The van der Waals surface area contributed by atoms with Crippen LogP contribution in [0.1, 0.15) is 26.7 Å². The number of hydrogen-bond acceptors (Lipinski definition) is 3. The monoisotopic (exact) mass is 292 g/mol. The lowest BCUT2D eigenvalue weighted by molar-refractivity contribution is -0.139. The van der Waals surface area contributed by atoms with Crippen LogP contribution in [0.5, 0.6) is 0 Å². The minimum absolute atomic E-state index is 0.195. The molecule has 1 aliphatic heterocycles. The molecule has 1 unspecified atom stereocenters. The molecule has 0 amide bonds. The van der Waals surface area contributed by atoms with E-state index in [1.165, 1.54) is 0 Å². The van der Waals surface area contributed by atoms with Crippen LogP contribution in [0.15, 0.2) is 46.9 Å². The normalized spacial score (nSPS) is 20.9. The minimum atomic E-state index is -0.876. The molecule has 1 heterocycles. The summed E-state index contributed by atoms with van der Waals surface area (Å²) in [5.41, 5.74) is 1.58. The van der Waals surface area contributed by atoms with Gasteiger partial charge >= 0.3 is 5.97 Å². The van der Waals surface area contributed by atoms with Gasteiger partial charge in [-0.05, 0) is 43.2 Å². The third-order valence-electron chi connectivity index (χ3n) is 3.08. The molecule has 1 fully saturated rings. The zero-order chi connectivity index (χ0) is 15.1. The number of hydrogen-bond donors (Lipinski definition) is 1. The quantitative estimate of drug-likeness (QED) is 0.619. The van der Waals surface area contributed by atoms with Crippen LogP contribution < -0.4 is 0 Å². The molecule has 1 atom stereocenters. The largest absolute Gasteiger partial charge is 0.481 e. The minimum Gasteiger partial charge on any atom is -0.481 e. The number of allylic oxidation sites excluding steroid dienone is 6. The van der Waals surface area contributed by atoms with E-state index in [9.17, 15) is 9.59 Å². The van der Waals surface area contributed by atoms with Crippen molar-refractivity contribution in [1.82, 2.24) is 0 Å². The Balaban J connectivity index is 2.87. The maximum Gasteiger partial charge on any atom is 0.310 e. The van der Waals surface area contributed by atoms with E-state index in [1.54, 1.807) is 30.8 Å². The molecule has 108 valence electrons. The summed E-state index contributed by atoms with van der Waals surface area (Å²) in [5, 5.41) is 8.98. The first-order valence-electron chi connectivity index (χ1n) is 6.57. The second-order valence-electron chi connectivity index (χ2n) is 4.73. The van der Waals surface area contributed by atoms with Crippen LogP contribution in [0.4, 0.5) is 0 Å². The lowest BCUT2D eigenvalue weighted by Gasteiger charge is -2.11. The number of ketones is 1. The van der Waals surface area contributed by atoms with Gasteiger partial charge in [0, 0.05) is 6.42 Å². The Kier molecular flexibility index (Phi) is 6.52. The molecule has 0 bridgehead atoms. The van der Waals surface area contributed by atoms with Crippen LogP contribution in [0, 0.1) is 5.92 Å². The molecule has 0 aromatic rings. The topological polar surface area (TPSA) is 54.4 Å². The van der Waals surface area contributed by atoms with Gasteiger partial charge in [0.1, 0.15) is 0 Å². The zero-order valence-corrected chi connectivity index (χ0v) is 12.7. The van der Waals surface area contributed by atoms with Gasteiger partial charge in [0.05, 0.1) is 10.8 Å². The predicted octanol–water partition coefficient (Wildman–Crippen LogP) is 3.75. The highest BCUT2D eigenvalue weighted by molar-refractivity contribution is 8.04.